The predicted octanol–water partition coefficient (Wildman–Crippen LogP) is 3.40. The minimum atomic E-state index is -4.81. The molecule has 3 rings (SSSR count). The largest absolute Gasteiger partial charge is 0.417 e. The number of nitrogens with one attached hydrogen (secondary N) is 2. The van der Waals surface area contributed by atoms with Gasteiger partial charge in [-0.2, -0.15) is 13.2 Å². The molecule has 0 spiro atoms. The maximum absolute atomic E-state index is 13.1. The molecule has 1 aliphatic carbocycles. The second-order valence-electron chi connectivity index (χ2n) is 5.93. The Hall–Kier alpha value is -2.55. The summed E-state index contributed by atoms with van der Waals surface area (Å²) in [6.45, 7) is 0. The van der Waals surface area contributed by atoms with Crippen LogP contribution in [0.25, 0.3) is 0 Å². The first-order valence-corrected chi connectivity index (χ1v) is 9.25. The number of alkyl halides is 3. The van der Waals surface area contributed by atoms with Crippen molar-refractivity contribution in [1.29, 1.82) is 0 Å². The molecule has 0 aromatic heterocycles. The molecule has 5 nitrogen and oxygen atoms in total. The molecule has 2 aromatic rings. The van der Waals surface area contributed by atoms with Gasteiger partial charge in [-0.1, -0.05) is 18.2 Å². The first-order valence-electron chi connectivity index (χ1n) is 7.77. The van der Waals surface area contributed by atoms with Crippen LogP contribution in [0.15, 0.2) is 53.4 Å². The van der Waals surface area contributed by atoms with Crippen LogP contribution in [-0.4, -0.2) is 20.4 Å². The van der Waals surface area contributed by atoms with Crippen LogP contribution in [-0.2, 0) is 16.2 Å². The highest BCUT2D eigenvalue weighted by Gasteiger charge is 2.37. The minimum absolute atomic E-state index is 0.00502. The van der Waals surface area contributed by atoms with Gasteiger partial charge in [-0.25, -0.2) is 8.42 Å². The Balaban J connectivity index is 1.88. The van der Waals surface area contributed by atoms with Crippen molar-refractivity contribution in [3.63, 3.8) is 0 Å². The summed E-state index contributed by atoms with van der Waals surface area (Å²) < 4.78 is 66.2. The number of benzene rings is 2. The molecule has 1 amide bonds. The number of hydrogen-bond donors (Lipinski definition) is 2. The van der Waals surface area contributed by atoms with E-state index in [1.807, 2.05) is 0 Å². The fourth-order valence-corrected chi connectivity index (χ4v) is 3.64. The molecule has 138 valence electrons. The first-order chi connectivity index (χ1) is 12.2. The molecule has 26 heavy (non-hydrogen) atoms. The second-order valence-corrected chi connectivity index (χ2v) is 7.58. The van der Waals surface area contributed by atoms with Gasteiger partial charge in [-0.3, -0.25) is 9.52 Å². The van der Waals surface area contributed by atoms with Crippen LogP contribution in [0.2, 0.25) is 0 Å². The van der Waals surface area contributed by atoms with Gasteiger partial charge >= 0.3 is 6.18 Å². The number of hydrogen-bond acceptors (Lipinski definition) is 3. The van der Waals surface area contributed by atoms with Gasteiger partial charge in [0, 0.05) is 17.3 Å². The highest BCUT2D eigenvalue weighted by atomic mass is 32.2. The molecule has 2 N–H and O–H groups in total. The Labute approximate surface area is 148 Å². The summed E-state index contributed by atoms with van der Waals surface area (Å²) in [4.78, 5) is 11.2. The van der Waals surface area contributed by atoms with E-state index in [9.17, 15) is 26.4 Å². The van der Waals surface area contributed by atoms with E-state index >= 15 is 0 Å². The summed E-state index contributed by atoms with van der Waals surface area (Å²) in [7, 11) is -4.48. The lowest BCUT2D eigenvalue weighted by molar-refractivity contribution is -0.139. The van der Waals surface area contributed by atoms with Crippen molar-refractivity contribution in [2.24, 2.45) is 0 Å². The maximum Gasteiger partial charge on any atom is 0.417 e. The van der Waals surface area contributed by atoms with Gasteiger partial charge in [0.05, 0.1) is 10.5 Å². The third kappa shape index (κ3) is 4.16. The lowest BCUT2D eigenvalue weighted by Gasteiger charge is -2.14. The van der Waals surface area contributed by atoms with Crippen LogP contribution < -0.4 is 10.0 Å². The zero-order valence-corrected chi connectivity index (χ0v) is 14.2. The van der Waals surface area contributed by atoms with E-state index in [1.54, 1.807) is 0 Å². The summed E-state index contributed by atoms with van der Waals surface area (Å²) in [5.74, 6) is -0.357. The lowest BCUT2D eigenvalue weighted by atomic mass is 10.2. The van der Waals surface area contributed by atoms with Crippen LogP contribution in [0.1, 0.15) is 28.8 Å². The standard InChI is InChI=1S/C17H15F3N2O3S/c18-17(19,20)14-6-1-2-7-15(14)26(24,25)22-13-5-3-4-11(10-13)16(23)21-12-8-9-12/h1-7,10,12,22H,8-9H2,(H,21,23). The SMILES string of the molecule is O=C(NC1CC1)c1cccc(NS(=O)(=O)c2ccccc2C(F)(F)F)c1. The molecule has 0 aliphatic heterocycles. The normalized spacial score (nSPS) is 14.7. The number of anilines is 1. The fraction of sp³-hybridized carbons (Fsp3) is 0.235. The number of amides is 1. The quantitative estimate of drug-likeness (QED) is 0.830. The van der Waals surface area contributed by atoms with E-state index in [-0.39, 0.29) is 23.2 Å². The van der Waals surface area contributed by atoms with Crippen molar-refractivity contribution in [2.75, 3.05) is 4.72 Å². The van der Waals surface area contributed by atoms with Gasteiger partial charge in [0.1, 0.15) is 0 Å². The van der Waals surface area contributed by atoms with Crippen molar-refractivity contribution in [1.82, 2.24) is 5.32 Å². The van der Waals surface area contributed by atoms with E-state index in [0.29, 0.717) is 6.07 Å². The van der Waals surface area contributed by atoms with Crippen LogP contribution in [0.5, 0.6) is 0 Å². The molecule has 0 unspecified atom stereocenters. The van der Waals surface area contributed by atoms with Gasteiger partial charge in [-0.05, 0) is 43.2 Å². The van der Waals surface area contributed by atoms with Crippen LogP contribution in [0.4, 0.5) is 18.9 Å². The van der Waals surface area contributed by atoms with Gasteiger partial charge in [0.25, 0.3) is 15.9 Å². The summed E-state index contributed by atoms with van der Waals surface area (Å²) in [5.41, 5.74) is -1.03. The molecule has 9 heteroatoms. The summed E-state index contributed by atoms with van der Waals surface area (Å²) in [5, 5.41) is 2.76. The third-order valence-corrected chi connectivity index (χ3v) is 5.21. The van der Waals surface area contributed by atoms with Crippen molar-refractivity contribution < 1.29 is 26.4 Å². The topological polar surface area (TPSA) is 75.3 Å². The molecule has 0 radical (unpaired) electrons. The van der Waals surface area contributed by atoms with Crippen LogP contribution in [0, 0.1) is 0 Å². The van der Waals surface area contributed by atoms with Crippen molar-refractivity contribution in [3.05, 3.63) is 59.7 Å². The van der Waals surface area contributed by atoms with Gasteiger partial charge in [0.15, 0.2) is 0 Å². The van der Waals surface area contributed by atoms with Crippen LogP contribution >= 0.6 is 0 Å². The van der Waals surface area contributed by atoms with Crippen molar-refractivity contribution in [3.8, 4) is 0 Å². The van der Waals surface area contributed by atoms with E-state index in [1.165, 1.54) is 30.3 Å². The highest BCUT2D eigenvalue weighted by Crippen LogP contribution is 2.34. The smallest absolute Gasteiger partial charge is 0.349 e. The molecular formula is C17H15F3N2O3S. The molecule has 0 bridgehead atoms. The molecule has 1 fully saturated rings. The highest BCUT2D eigenvalue weighted by molar-refractivity contribution is 7.92. The van der Waals surface area contributed by atoms with E-state index < -0.39 is 26.7 Å². The Morgan fingerprint density at radius 2 is 1.73 bits per heavy atom. The second kappa shape index (κ2) is 6.64. The van der Waals surface area contributed by atoms with Crippen LogP contribution in [0.3, 0.4) is 0 Å². The zero-order valence-electron chi connectivity index (χ0n) is 13.4. The number of sulfonamides is 1. The van der Waals surface area contributed by atoms with Crippen molar-refractivity contribution >= 4 is 21.6 Å². The van der Waals surface area contributed by atoms with Gasteiger partial charge in [-0.15, -0.1) is 0 Å². The number of rotatable bonds is 5. The molecule has 0 saturated heterocycles. The molecule has 2 aromatic carbocycles. The summed E-state index contributed by atoms with van der Waals surface area (Å²) in [6, 6.07) is 9.64. The molecule has 1 aliphatic rings. The number of carbonyl (C=O) groups is 1. The monoisotopic (exact) mass is 384 g/mol. The maximum atomic E-state index is 13.1. The Morgan fingerprint density at radius 3 is 2.38 bits per heavy atom. The van der Waals surface area contributed by atoms with E-state index in [2.05, 4.69) is 10.0 Å². The molecular weight excluding hydrogens is 369 g/mol. The van der Waals surface area contributed by atoms with Crippen molar-refractivity contribution in [2.45, 2.75) is 30.0 Å². The van der Waals surface area contributed by atoms with Gasteiger partial charge < -0.3 is 5.32 Å². The Bertz CT molecular complexity index is 938. The molecule has 0 heterocycles. The summed E-state index contributed by atoms with van der Waals surface area (Å²) >= 11 is 0. The predicted molar refractivity (Wildman–Crippen MR) is 89.2 cm³/mol. The minimum Gasteiger partial charge on any atom is -0.349 e. The molecule has 0 atom stereocenters. The average molecular weight is 384 g/mol. The first kappa shape index (κ1) is 18.2. The average Bonchev–Trinajstić information content (AvgIpc) is 3.38. The lowest BCUT2D eigenvalue weighted by Crippen LogP contribution is -2.25. The third-order valence-electron chi connectivity index (χ3n) is 3.77. The Kier molecular flexibility index (Phi) is 4.66. The van der Waals surface area contributed by atoms with Gasteiger partial charge in [0.2, 0.25) is 0 Å². The Morgan fingerprint density at radius 1 is 1.04 bits per heavy atom. The van der Waals surface area contributed by atoms with E-state index in [0.717, 1.165) is 25.0 Å². The summed E-state index contributed by atoms with van der Waals surface area (Å²) in [6.07, 6.45) is -3.02. The molecule has 1 saturated carbocycles. The van der Waals surface area contributed by atoms with E-state index in [4.69, 9.17) is 0 Å². The fourth-order valence-electron chi connectivity index (χ4n) is 2.37. The zero-order chi connectivity index (χ0) is 18.9. The number of carbonyl (C=O) groups excluding carboxylic acids is 1. The number of halogens is 3.